The Labute approximate surface area is 104 Å². The van der Waals surface area contributed by atoms with Gasteiger partial charge in [0, 0.05) is 4.47 Å². The van der Waals surface area contributed by atoms with E-state index in [1.54, 1.807) is 0 Å². The van der Waals surface area contributed by atoms with E-state index in [0.717, 1.165) is 15.8 Å². The number of aliphatic hydroxyl groups excluding tert-OH is 1. The van der Waals surface area contributed by atoms with Crippen molar-refractivity contribution in [3.63, 3.8) is 0 Å². The normalized spacial score (nSPS) is 17.9. The summed E-state index contributed by atoms with van der Waals surface area (Å²) in [5.74, 6) is 0.864. The molecule has 1 aromatic rings. The van der Waals surface area contributed by atoms with Crippen LogP contribution >= 0.6 is 15.9 Å². The van der Waals surface area contributed by atoms with Gasteiger partial charge < -0.3 is 14.6 Å². The van der Waals surface area contributed by atoms with Crippen molar-refractivity contribution in [3.05, 3.63) is 28.2 Å². The second-order valence-corrected chi connectivity index (χ2v) is 5.27. The third-order valence-corrected chi connectivity index (χ3v) is 3.32. The van der Waals surface area contributed by atoms with Gasteiger partial charge in [-0.3, -0.25) is 0 Å². The number of aliphatic hydroxyl groups is 1. The van der Waals surface area contributed by atoms with E-state index in [1.165, 1.54) is 0 Å². The van der Waals surface area contributed by atoms with Gasteiger partial charge in [0.25, 0.3) is 0 Å². The molecule has 1 aliphatic rings. The van der Waals surface area contributed by atoms with Crippen LogP contribution in [0.4, 0.5) is 0 Å². The van der Waals surface area contributed by atoms with E-state index in [0.29, 0.717) is 19.8 Å². The Morgan fingerprint density at radius 1 is 1.50 bits per heavy atom. The summed E-state index contributed by atoms with van der Waals surface area (Å²) >= 11 is 3.41. The number of hydrogen-bond donors (Lipinski definition) is 1. The number of ether oxygens (including phenoxy) is 2. The van der Waals surface area contributed by atoms with Crippen LogP contribution in [0.2, 0.25) is 0 Å². The van der Waals surface area contributed by atoms with Crippen molar-refractivity contribution in [1.82, 2.24) is 0 Å². The minimum atomic E-state index is -0.195. The zero-order valence-electron chi connectivity index (χ0n) is 9.20. The maximum Gasteiger partial charge on any atom is 0.122 e. The maximum absolute atomic E-state index is 9.26. The van der Waals surface area contributed by atoms with Gasteiger partial charge in [0.2, 0.25) is 0 Å². The van der Waals surface area contributed by atoms with Crippen molar-refractivity contribution in [2.45, 2.75) is 6.92 Å². The highest BCUT2D eigenvalue weighted by molar-refractivity contribution is 9.10. The molecule has 0 aliphatic carbocycles. The average Bonchev–Trinajstić information content (AvgIpc) is 2.19. The number of benzene rings is 1. The van der Waals surface area contributed by atoms with E-state index in [9.17, 15) is 5.11 Å². The zero-order chi connectivity index (χ0) is 11.6. The van der Waals surface area contributed by atoms with E-state index in [4.69, 9.17) is 9.47 Å². The predicted molar refractivity (Wildman–Crippen MR) is 64.7 cm³/mol. The third kappa shape index (κ3) is 2.39. The number of hydrogen-bond acceptors (Lipinski definition) is 3. The Bertz CT molecular complexity index is 369. The Morgan fingerprint density at radius 2 is 2.25 bits per heavy atom. The summed E-state index contributed by atoms with van der Waals surface area (Å²) < 4.78 is 11.9. The van der Waals surface area contributed by atoms with Crippen LogP contribution in [0.5, 0.6) is 5.75 Å². The summed E-state index contributed by atoms with van der Waals surface area (Å²) in [6, 6.07) is 5.90. The molecule has 0 spiro atoms. The third-order valence-electron chi connectivity index (χ3n) is 2.82. The fourth-order valence-corrected chi connectivity index (χ4v) is 2.09. The van der Waals surface area contributed by atoms with E-state index in [1.807, 2.05) is 25.1 Å². The summed E-state index contributed by atoms with van der Waals surface area (Å²) in [6.45, 7) is 3.79. The first-order valence-corrected chi connectivity index (χ1v) is 6.02. The molecule has 0 atom stereocenters. The van der Waals surface area contributed by atoms with Crippen LogP contribution in [0.1, 0.15) is 5.56 Å². The van der Waals surface area contributed by atoms with E-state index < -0.39 is 0 Å². The van der Waals surface area contributed by atoms with Gasteiger partial charge in [-0.2, -0.15) is 0 Å². The molecule has 0 unspecified atom stereocenters. The number of aryl methyl sites for hydroxylation is 1. The molecule has 1 heterocycles. The first-order valence-electron chi connectivity index (χ1n) is 5.23. The van der Waals surface area contributed by atoms with Crippen LogP contribution in [-0.2, 0) is 4.74 Å². The fourth-order valence-electron chi connectivity index (χ4n) is 1.62. The molecule has 1 aliphatic heterocycles. The van der Waals surface area contributed by atoms with Gasteiger partial charge in [0.05, 0.1) is 25.2 Å². The van der Waals surface area contributed by atoms with E-state index in [-0.39, 0.29) is 12.0 Å². The highest BCUT2D eigenvalue weighted by Crippen LogP contribution is 2.29. The number of rotatable bonds is 4. The van der Waals surface area contributed by atoms with Crippen LogP contribution in [-0.4, -0.2) is 31.5 Å². The Hall–Kier alpha value is -0.580. The predicted octanol–water partition coefficient (Wildman–Crippen LogP) is 2.15. The lowest BCUT2D eigenvalue weighted by Crippen LogP contribution is -2.49. The smallest absolute Gasteiger partial charge is 0.122 e. The summed E-state index contributed by atoms with van der Waals surface area (Å²) in [4.78, 5) is 0. The maximum atomic E-state index is 9.26. The lowest BCUT2D eigenvalue weighted by Gasteiger charge is -2.39. The van der Waals surface area contributed by atoms with Gasteiger partial charge in [-0.15, -0.1) is 0 Å². The average molecular weight is 287 g/mol. The molecule has 1 N–H and O–H groups in total. The van der Waals surface area contributed by atoms with Crippen molar-refractivity contribution in [2.75, 3.05) is 26.4 Å². The highest BCUT2D eigenvalue weighted by Gasteiger charge is 2.39. The summed E-state index contributed by atoms with van der Waals surface area (Å²) in [7, 11) is 0. The van der Waals surface area contributed by atoms with Gasteiger partial charge in [-0.1, -0.05) is 15.9 Å². The lowest BCUT2D eigenvalue weighted by atomic mass is 9.88. The number of halogens is 1. The summed E-state index contributed by atoms with van der Waals surface area (Å²) in [6.07, 6.45) is 0. The molecule has 0 amide bonds. The van der Waals surface area contributed by atoms with Crippen LogP contribution in [0.25, 0.3) is 0 Å². The highest BCUT2D eigenvalue weighted by atomic mass is 79.9. The topological polar surface area (TPSA) is 38.7 Å². The molecule has 0 saturated carbocycles. The molecule has 2 rings (SSSR count). The quantitative estimate of drug-likeness (QED) is 0.922. The second-order valence-electron chi connectivity index (χ2n) is 4.35. The molecule has 1 saturated heterocycles. The largest absolute Gasteiger partial charge is 0.492 e. The molecule has 3 nitrogen and oxygen atoms in total. The minimum Gasteiger partial charge on any atom is -0.492 e. The zero-order valence-corrected chi connectivity index (χ0v) is 10.8. The van der Waals surface area contributed by atoms with Crippen LogP contribution in [0.15, 0.2) is 22.7 Å². The first-order chi connectivity index (χ1) is 7.65. The Balaban J connectivity index is 1.99. The van der Waals surface area contributed by atoms with Crippen molar-refractivity contribution in [1.29, 1.82) is 0 Å². The molecule has 16 heavy (non-hydrogen) atoms. The molecular weight excluding hydrogens is 272 g/mol. The van der Waals surface area contributed by atoms with E-state index >= 15 is 0 Å². The van der Waals surface area contributed by atoms with Crippen LogP contribution in [0.3, 0.4) is 0 Å². The molecule has 0 bridgehead atoms. The van der Waals surface area contributed by atoms with Crippen molar-refractivity contribution in [3.8, 4) is 5.75 Å². The summed E-state index contributed by atoms with van der Waals surface area (Å²) in [5.41, 5.74) is 0.891. The molecule has 4 heteroatoms. The standard InChI is InChI=1S/C12H15BrO3/c1-9-4-10(13)2-3-11(9)16-8-12(5-14)6-15-7-12/h2-4,14H,5-8H2,1H3. The Kier molecular flexibility index (Phi) is 3.52. The molecular formula is C12H15BrO3. The van der Waals surface area contributed by atoms with Gasteiger partial charge in [0.15, 0.2) is 0 Å². The van der Waals surface area contributed by atoms with Gasteiger partial charge in [-0.05, 0) is 30.7 Å². The molecule has 88 valence electrons. The van der Waals surface area contributed by atoms with Crippen molar-refractivity contribution >= 4 is 15.9 Å². The summed E-state index contributed by atoms with van der Waals surface area (Å²) in [5, 5.41) is 9.26. The molecule has 1 fully saturated rings. The SMILES string of the molecule is Cc1cc(Br)ccc1OCC1(CO)COC1. The monoisotopic (exact) mass is 286 g/mol. The molecule has 1 aromatic carbocycles. The van der Waals surface area contributed by atoms with Crippen molar-refractivity contribution < 1.29 is 14.6 Å². The second kappa shape index (κ2) is 4.73. The van der Waals surface area contributed by atoms with Crippen molar-refractivity contribution in [2.24, 2.45) is 5.41 Å². The minimum absolute atomic E-state index is 0.114. The molecule has 0 radical (unpaired) electrons. The van der Waals surface area contributed by atoms with Crippen LogP contribution in [0, 0.1) is 12.3 Å². The fraction of sp³-hybridized carbons (Fsp3) is 0.500. The van der Waals surface area contributed by atoms with Gasteiger partial charge >= 0.3 is 0 Å². The lowest BCUT2D eigenvalue weighted by molar-refractivity contribution is -0.153. The van der Waals surface area contributed by atoms with Crippen LogP contribution < -0.4 is 4.74 Å². The van der Waals surface area contributed by atoms with E-state index in [2.05, 4.69) is 15.9 Å². The van der Waals surface area contributed by atoms with Gasteiger partial charge in [0.1, 0.15) is 12.4 Å². The van der Waals surface area contributed by atoms with Gasteiger partial charge in [-0.25, -0.2) is 0 Å². The Morgan fingerprint density at radius 3 is 2.75 bits per heavy atom. The first kappa shape index (κ1) is 11.9. The molecule has 0 aromatic heterocycles.